The second-order valence-electron chi connectivity index (χ2n) is 4.63. The van der Waals surface area contributed by atoms with Crippen molar-refractivity contribution in [1.29, 1.82) is 0 Å². The summed E-state index contributed by atoms with van der Waals surface area (Å²) in [5, 5.41) is 5.63. The normalized spacial score (nSPS) is 21.0. The van der Waals surface area contributed by atoms with Crippen molar-refractivity contribution in [2.45, 2.75) is 12.5 Å². The van der Waals surface area contributed by atoms with Crippen LogP contribution in [-0.4, -0.2) is 38.9 Å². The molecular formula is C12H17N3O3S. The maximum atomic E-state index is 11.5. The molecule has 0 aromatic heterocycles. The maximum absolute atomic E-state index is 11.5. The van der Waals surface area contributed by atoms with Crippen LogP contribution in [0.1, 0.15) is 16.8 Å². The number of nitrogens with two attached hydrogens (primary N) is 1. The van der Waals surface area contributed by atoms with Gasteiger partial charge in [0.2, 0.25) is 0 Å². The summed E-state index contributed by atoms with van der Waals surface area (Å²) in [4.78, 5) is 11.5. The molecule has 1 aromatic rings. The molecule has 1 aromatic carbocycles. The van der Waals surface area contributed by atoms with Crippen LogP contribution in [0.25, 0.3) is 0 Å². The van der Waals surface area contributed by atoms with Gasteiger partial charge in [-0.15, -0.1) is 0 Å². The number of nitrogens with one attached hydrogen (secondary N) is 2. The van der Waals surface area contributed by atoms with E-state index in [9.17, 15) is 13.2 Å². The molecule has 0 bridgehead atoms. The molecule has 6 nitrogen and oxygen atoms in total. The summed E-state index contributed by atoms with van der Waals surface area (Å²) in [6.07, 6.45) is 0.561. The molecule has 1 atom stereocenters. The number of rotatable bonds is 3. The van der Waals surface area contributed by atoms with Gasteiger partial charge in [0.05, 0.1) is 22.9 Å². The largest absolute Gasteiger partial charge is 0.397 e. The van der Waals surface area contributed by atoms with Crippen molar-refractivity contribution in [3.05, 3.63) is 23.8 Å². The number of benzene rings is 1. The van der Waals surface area contributed by atoms with Gasteiger partial charge in [0.15, 0.2) is 9.84 Å². The predicted molar refractivity (Wildman–Crippen MR) is 74.9 cm³/mol. The highest BCUT2D eigenvalue weighted by atomic mass is 32.2. The third-order valence-electron chi connectivity index (χ3n) is 3.13. The minimum atomic E-state index is -2.94. The zero-order chi connectivity index (χ0) is 14.0. The molecule has 19 heavy (non-hydrogen) atoms. The third kappa shape index (κ3) is 3.17. The molecule has 104 valence electrons. The summed E-state index contributed by atoms with van der Waals surface area (Å²) >= 11 is 0. The number of amides is 1. The van der Waals surface area contributed by atoms with Crippen molar-refractivity contribution in [2.24, 2.45) is 0 Å². The Morgan fingerprint density at radius 2 is 2.16 bits per heavy atom. The zero-order valence-electron chi connectivity index (χ0n) is 10.6. The fourth-order valence-corrected chi connectivity index (χ4v) is 3.77. The number of hydrogen-bond donors (Lipinski definition) is 3. The number of anilines is 2. The van der Waals surface area contributed by atoms with Crippen LogP contribution >= 0.6 is 0 Å². The van der Waals surface area contributed by atoms with E-state index < -0.39 is 9.84 Å². The lowest BCUT2D eigenvalue weighted by Crippen LogP contribution is -2.22. The molecule has 7 heteroatoms. The summed E-state index contributed by atoms with van der Waals surface area (Å²) in [5.41, 5.74) is 7.42. The first-order valence-corrected chi connectivity index (χ1v) is 7.82. The minimum Gasteiger partial charge on any atom is -0.397 e. The van der Waals surface area contributed by atoms with Crippen LogP contribution in [0.15, 0.2) is 18.2 Å². The summed E-state index contributed by atoms with van der Waals surface area (Å²) in [6.45, 7) is 0. The smallest absolute Gasteiger partial charge is 0.251 e. The van der Waals surface area contributed by atoms with Crippen LogP contribution < -0.4 is 16.4 Å². The van der Waals surface area contributed by atoms with Crippen molar-refractivity contribution in [3.63, 3.8) is 0 Å². The van der Waals surface area contributed by atoms with Crippen molar-refractivity contribution in [3.8, 4) is 0 Å². The molecule has 1 heterocycles. The monoisotopic (exact) mass is 283 g/mol. The van der Waals surface area contributed by atoms with Crippen LogP contribution in [0.4, 0.5) is 11.4 Å². The van der Waals surface area contributed by atoms with E-state index in [-0.39, 0.29) is 23.5 Å². The lowest BCUT2D eigenvalue weighted by atomic mass is 10.1. The fraction of sp³-hybridized carbons (Fsp3) is 0.417. The standard InChI is InChI=1S/C12H17N3O3S/c1-14-12(16)8-2-3-10(13)11(6-8)15-9-4-5-19(17,18)7-9/h2-3,6,9,15H,4-5,7,13H2,1H3,(H,14,16). The average Bonchev–Trinajstić information content (AvgIpc) is 2.70. The molecule has 0 radical (unpaired) electrons. The highest BCUT2D eigenvalue weighted by Gasteiger charge is 2.28. The Morgan fingerprint density at radius 1 is 1.42 bits per heavy atom. The summed E-state index contributed by atoms with van der Waals surface area (Å²) < 4.78 is 22.8. The van der Waals surface area contributed by atoms with E-state index in [1.54, 1.807) is 25.2 Å². The topological polar surface area (TPSA) is 101 Å². The Hall–Kier alpha value is -1.76. The zero-order valence-corrected chi connectivity index (χ0v) is 11.5. The van der Waals surface area contributed by atoms with Crippen molar-refractivity contribution < 1.29 is 13.2 Å². The second kappa shape index (κ2) is 5.08. The van der Waals surface area contributed by atoms with Crippen LogP contribution in [0, 0.1) is 0 Å². The van der Waals surface area contributed by atoms with Crippen LogP contribution in [0.3, 0.4) is 0 Å². The van der Waals surface area contributed by atoms with Gasteiger partial charge < -0.3 is 16.4 Å². The highest BCUT2D eigenvalue weighted by molar-refractivity contribution is 7.91. The number of nitrogen functional groups attached to an aromatic ring is 1. The Labute approximate surface area is 112 Å². The third-order valence-corrected chi connectivity index (χ3v) is 4.90. The molecule has 1 fully saturated rings. The number of carbonyl (C=O) groups excluding carboxylic acids is 1. The molecule has 1 saturated heterocycles. The Morgan fingerprint density at radius 3 is 2.74 bits per heavy atom. The maximum Gasteiger partial charge on any atom is 0.251 e. The number of carbonyl (C=O) groups is 1. The van der Waals surface area contributed by atoms with Gasteiger partial charge in [0, 0.05) is 18.7 Å². The Kier molecular flexibility index (Phi) is 3.66. The number of sulfone groups is 1. The lowest BCUT2D eigenvalue weighted by Gasteiger charge is -2.15. The summed E-state index contributed by atoms with van der Waals surface area (Å²) in [5.74, 6) is 0.0955. The molecule has 0 saturated carbocycles. The summed E-state index contributed by atoms with van der Waals surface area (Å²) in [7, 11) is -1.39. The molecule has 1 unspecified atom stereocenters. The first-order valence-electron chi connectivity index (χ1n) is 6.00. The van der Waals surface area contributed by atoms with Gasteiger partial charge in [-0.25, -0.2) is 8.42 Å². The quantitative estimate of drug-likeness (QED) is 0.689. The van der Waals surface area contributed by atoms with E-state index in [4.69, 9.17) is 5.73 Å². The Balaban J connectivity index is 2.18. The average molecular weight is 283 g/mol. The van der Waals surface area contributed by atoms with E-state index in [1.165, 1.54) is 0 Å². The van der Waals surface area contributed by atoms with Crippen molar-refractivity contribution in [2.75, 3.05) is 29.6 Å². The van der Waals surface area contributed by atoms with E-state index >= 15 is 0 Å². The Bertz CT molecular complexity index is 598. The van der Waals surface area contributed by atoms with E-state index in [0.29, 0.717) is 23.4 Å². The first-order chi connectivity index (χ1) is 8.91. The van der Waals surface area contributed by atoms with Crippen LogP contribution in [0.5, 0.6) is 0 Å². The van der Waals surface area contributed by atoms with Gasteiger partial charge >= 0.3 is 0 Å². The van der Waals surface area contributed by atoms with Crippen molar-refractivity contribution in [1.82, 2.24) is 5.32 Å². The first kappa shape index (κ1) is 13.7. The summed E-state index contributed by atoms with van der Waals surface area (Å²) in [6, 6.07) is 4.76. The predicted octanol–water partition coefficient (Wildman–Crippen LogP) is 0.227. The van der Waals surface area contributed by atoms with E-state index in [1.807, 2.05) is 0 Å². The van der Waals surface area contributed by atoms with Gasteiger partial charge in [-0.2, -0.15) is 0 Å². The van der Waals surface area contributed by atoms with Crippen LogP contribution in [-0.2, 0) is 9.84 Å². The number of hydrogen-bond acceptors (Lipinski definition) is 5. The van der Waals surface area contributed by atoms with Gasteiger partial charge in [-0.05, 0) is 24.6 Å². The molecule has 0 aliphatic carbocycles. The second-order valence-corrected chi connectivity index (χ2v) is 6.85. The van der Waals surface area contributed by atoms with Gasteiger partial charge in [0.1, 0.15) is 0 Å². The van der Waals surface area contributed by atoms with Gasteiger partial charge in [-0.1, -0.05) is 0 Å². The van der Waals surface area contributed by atoms with Gasteiger partial charge in [-0.3, -0.25) is 4.79 Å². The van der Waals surface area contributed by atoms with E-state index in [0.717, 1.165) is 0 Å². The fourth-order valence-electron chi connectivity index (χ4n) is 2.10. The molecule has 1 amide bonds. The molecule has 2 rings (SSSR count). The molecular weight excluding hydrogens is 266 g/mol. The van der Waals surface area contributed by atoms with Crippen LogP contribution in [0.2, 0.25) is 0 Å². The minimum absolute atomic E-state index is 0.108. The lowest BCUT2D eigenvalue weighted by molar-refractivity contribution is 0.0963. The molecule has 4 N–H and O–H groups in total. The SMILES string of the molecule is CNC(=O)c1ccc(N)c(NC2CCS(=O)(=O)C2)c1. The molecule has 1 aliphatic rings. The molecule has 0 spiro atoms. The highest BCUT2D eigenvalue weighted by Crippen LogP contribution is 2.24. The van der Waals surface area contributed by atoms with Gasteiger partial charge in [0.25, 0.3) is 5.91 Å². The van der Waals surface area contributed by atoms with E-state index in [2.05, 4.69) is 10.6 Å². The molecule has 1 aliphatic heterocycles. The van der Waals surface area contributed by atoms with Crippen molar-refractivity contribution >= 4 is 27.1 Å².